The van der Waals surface area contributed by atoms with Gasteiger partial charge in [0.05, 0.1) is 12.8 Å². The van der Waals surface area contributed by atoms with Gasteiger partial charge in [-0.1, -0.05) is 0 Å². The molecule has 8 heteroatoms. The number of ether oxygens (including phenoxy) is 1. The van der Waals surface area contributed by atoms with Crippen molar-refractivity contribution in [3.05, 3.63) is 24.1 Å². The van der Waals surface area contributed by atoms with E-state index in [1.54, 1.807) is 7.11 Å². The monoisotopic (exact) mass is 281 g/mol. The number of amides is 1. The molecule has 0 aromatic carbocycles. The second-order valence-electron chi connectivity index (χ2n) is 4.11. The molecule has 0 bridgehead atoms. The summed E-state index contributed by atoms with van der Waals surface area (Å²) in [5.74, 6) is -0.101. The van der Waals surface area contributed by atoms with E-state index in [4.69, 9.17) is 4.74 Å². The average Bonchev–Trinajstić information content (AvgIpc) is 2.81. The Kier molecular flexibility index (Phi) is 4.83. The molecule has 0 unspecified atom stereocenters. The zero-order chi connectivity index (χ0) is 14.4. The van der Waals surface area contributed by atoms with E-state index in [9.17, 15) is 9.18 Å². The molecule has 0 saturated heterocycles. The third kappa shape index (κ3) is 3.89. The van der Waals surface area contributed by atoms with Gasteiger partial charge >= 0.3 is 0 Å². The number of fused-ring (bicyclic) bond motifs is 1. The maximum absolute atomic E-state index is 13.0. The summed E-state index contributed by atoms with van der Waals surface area (Å²) in [7, 11) is 1.58. The van der Waals surface area contributed by atoms with Gasteiger partial charge in [0, 0.05) is 26.6 Å². The quantitative estimate of drug-likeness (QED) is 0.720. The predicted octanol–water partition coefficient (Wildman–Crippen LogP) is 0.433. The Bertz CT molecular complexity index is 586. The normalized spacial score (nSPS) is 10.7. The van der Waals surface area contributed by atoms with Gasteiger partial charge in [-0.2, -0.15) is 4.98 Å². The molecule has 2 heterocycles. The van der Waals surface area contributed by atoms with Crippen molar-refractivity contribution in [3.8, 4) is 0 Å². The lowest BCUT2D eigenvalue weighted by molar-refractivity contribution is -0.121. The van der Waals surface area contributed by atoms with Crippen molar-refractivity contribution in [2.75, 3.05) is 32.1 Å². The Morgan fingerprint density at radius 2 is 2.30 bits per heavy atom. The minimum Gasteiger partial charge on any atom is -0.383 e. The second-order valence-corrected chi connectivity index (χ2v) is 4.11. The first kappa shape index (κ1) is 14.2. The van der Waals surface area contributed by atoms with Crippen LogP contribution in [-0.2, 0) is 9.53 Å². The molecule has 0 radical (unpaired) electrons. The Labute approximate surface area is 115 Å². The molecule has 0 aliphatic rings. The number of carbonyl (C=O) groups excluding carboxylic acids is 1. The fourth-order valence-electron chi connectivity index (χ4n) is 1.60. The molecule has 0 saturated carbocycles. The smallest absolute Gasteiger partial charge is 0.243 e. The predicted molar refractivity (Wildman–Crippen MR) is 70.9 cm³/mol. The van der Waals surface area contributed by atoms with Crippen molar-refractivity contribution in [1.82, 2.24) is 19.9 Å². The van der Waals surface area contributed by atoms with Crippen LogP contribution in [0.15, 0.2) is 18.3 Å². The molecule has 0 aliphatic heterocycles. The summed E-state index contributed by atoms with van der Waals surface area (Å²) < 4.78 is 19.1. The Morgan fingerprint density at radius 3 is 3.10 bits per heavy atom. The maximum atomic E-state index is 13.0. The van der Waals surface area contributed by atoms with Gasteiger partial charge in [-0.15, -0.1) is 5.10 Å². The number of aromatic nitrogens is 3. The van der Waals surface area contributed by atoms with E-state index in [-0.39, 0.29) is 11.7 Å². The molecular formula is C12H16FN5O2. The Morgan fingerprint density at radius 1 is 1.45 bits per heavy atom. The van der Waals surface area contributed by atoms with Gasteiger partial charge < -0.3 is 15.4 Å². The highest BCUT2D eigenvalue weighted by atomic mass is 19.1. The van der Waals surface area contributed by atoms with Gasteiger partial charge in [-0.05, 0) is 12.1 Å². The molecule has 2 N–H and O–H groups in total. The number of nitrogens with one attached hydrogen (secondary N) is 2. The summed E-state index contributed by atoms with van der Waals surface area (Å²) in [6.45, 7) is 1.37. The van der Waals surface area contributed by atoms with E-state index in [0.29, 0.717) is 37.7 Å². The van der Waals surface area contributed by atoms with Gasteiger partial charge in [0.1, 0.15) is 5.82 Å². The van der Waals surface area contributed by atoms with Gasteiger partial charge in [0.15, 0.2) is 5.65 Å². The second kappa shape index (κ2) is 6.80. The van der Waals surface area contributed by atoms with Gasteiger partial charge in [-0.3, -0.25) is 4.79 Å². The minimum absolute atomic E-state index is 0.0793. The highest BCUT2D eigenvalue weighted by molar-refractivity contribution is 5.76. The fraction of sp³-hybridized carbons (Fsp3) is 0.417. The molecule has 0 fully saturated rings. The number of methoxy groups -OCH3 is 1. The number of anilines is 1. The Balaban J connectivity index is 1.79. The topological polar surface area (TPSA) is 80.5 Å². The number of pyridine rings is 1. The maximum Gasteiger partial charge on any atom is 0.243 e. The van der Waals surface area contributed by atoms with Crippen LogP contribution < -0.4 is 10.6 Å². The van der Waals surface area contributed by atoms with E-state index in [2.05, 4.69) is 20.7 Å². The summed E-state index contributed by atoms with van der Waals surface area (Å²) in [5, 5.41) is 9.67. The third-order valence-corrected chi connectivity index (χ3v) is 2.56. The molecule has 0 spiro atoms. The van der Waals surface area contributed by atoms with Crippen molar-refractivity contribution in [2.45, 2.75) is 6.42 Å². The van der Waals surface area contributed by atoms with E-state index >= 15 is 0 Å². The fourth-order valence-corrected chi connectivity index (χ4v) is 1.60. The molecule has 20 heavy (non-hydrogen) atoms. The number of rotatable bonds is 7. The van der Waals surface area contributed by atoms with E-state index in [0.717, 1.165) is 0 Å². The van der Waals surface area contributed by atoms with Crippen LogP contribution in [0.3, 0.4) is 0 Å². The molecular weight excluding hydrogens is 265 g/mol. The van der Waals surface area contributed by atoms with Crippen LogP contribution in [0.25, 0.3) is 5.65 Å². The summed E-state index contributed by atoms with van der Waals surface area (Å²) in [6, 6.07) is 2.85. The van der Waals surface area contributed by atoms with Crippen molar-refractivity contribution in [1.29, 1.82) is 0 Å². The van der Waals surface area contributed by atoms with Crippen molar-refractivity contribution in [2.24, 2.45) is 0 Å². The first-order valence-corrected chi connectivity index (χ1v) is 6.20. The summed E-state index contributed by atoms with van der Waals surface area (Å²) in [6.07, 6.45) is 1.54. The van der Waals surface area contributed by atoms with Crippen LogP contribution in [-0.4, -0.2) is 47.3 Å². The highest BCUT2D eigenvalue weighted by Crippen LogP contribution is 2.06. The van der Waals surface area contributed by atoms with Gasteiger partial charge in [-0.25, -0.2) is 8.91 Å². The van der Waals surface area contributed by atoms with E-state index < -0.39 is 0 Å². The zero-order valence-electron chi connectivity index (χ0n) is 11.1. The van der Waals surface area contributed by atoms with Crippen LogP contribution in [0.4, 0.5) is 10.3 Å². The molecule has 108 valence electrons. The molecule has 2 aromatic heterocycles. The van der Waals surface area contributed by atoms with Crippen LogP contribution in [0.5, 0.6) is 0 Å². The molecule has 0 atom stereocenters. The minimum atomic E-state index is -0.383. The van der Waals surface area contributed by atoms with Gasteiger partial charge in [0.25, 0.3) is 0 Å². The molecule has 2 aromatic rings. The molecule has 7 nitrogen and oxygen atoms in total. The van der Waals surface area contributed by atoms with Crippen molar-refractivity contribution < 1.29 is 13.9 Å². The lowest BCUT2D eigenvalue weighted by Gasteiger charge is -2.04. The number of halogens is 1. The standard InChI is InChI=1S/C12H16FN5O2/c1-20-7-6-14-11(19)4-5-15-12-16-10-3-2-9(13)8-18(10)17-12/h2-3,8H,4-7H2,1H3,(H,14,19)(H,15,17). The van der Waals surface area contributed by atoms with Crippen molar-refractivity contribution in [3.63, 3.8) is 0 Å². The van der Waals surface area contributed by atoms with Crippen LogP contribution in [0, 0.1) is 5.82 Å². The first-order chi connectivity index (χ1) is 9.69. The van der Waals surface area contributed by atoms with Crippen LogP contribution >= 0.6 is 0 Å². The zero-order valence-corrected chi connectivity index (χ0v) is 11.1. The first-order valence-electron chi connectivity index (χ1n) is 6.20. The Hall–Kier alpha value is -2.22. The lowest BCUT2D eigenvalue weighted by atomic mass is 10.4. The van der Waals surface area contributed by atoms with Crippen molar-refractivity contribution >= 4 is 17.5 Å². The third-order valence-electron chi connectivity index (χ3n) is 2.56. The summed E-state index contributed by atoms with van der Waals surface area (Å²) >= 11 is 0. The van der Waals surface area contributed by atoms with E-state index in [1.807, 2.05) is 0 Å². The molecule has 0 aliphatic carbocycles. The summed E-state index contributed by atoms with van der Waals surface area (Å²) in [4.78, 5) is 15.6. The number of hydrogen-bond acceptors (Lipinski definition) is 5. The number of nitrogens with zero attached hydrogens (tertiary/aromatic N) is 3. The molecule has 2 rings (SSSR count). The van der Waals surface area contributed by atoms with Crippen LogP contribution in [0.1, 0.15) is 6.42 Å². The SMILES string of the molecule is COCCNC(=O)CCNc1nc2ccc(F)cn2n1. The lowest BCUT2D eigenvalue weighted by Crippen LogP contribution is -2.28. The summed E-state index contributed by atoms with van der Waals surface area (Å²) in [5.41, 5.74) is 0.540. The number of hydrogen-bond donors (Lipinski definition) is 2. The highest BCUT2D eigenvalue weighted by Gasteiger charge is 2.05. The van der Waals surface area contributed by atoms with Crippen LogP contribution in [0.2, 0.25) is 0 Å². The average molecular weight is 281 g/mol. The largest absolute Gasteiger partial charge is 0.383 e. The van der Waals surface area contributed by atoms with E-state index in [1.165, 1.54) is 22.8 Å². The molecule has 1 amide bonds. The number of carbonyl (C=O) groups is 1. The van der Waals surface area contributed by atoms with Gasteiger partial charge in [0.2, 0.25) is 11.9 Å².